The molecule has 1 aromatic heterocycles. The van der Waals surface area contributed by atoms with Crippen LogP contribution < -0.4 is 16.6 Å². The molecule has 4 N–H and O–H groups in total. The monoisotopic (exact) mass is 259 g/mol. The summed E-state index contributed by atoms with van der Waals surface area (Å²) in [6, 6.07) is 0. The number of hydrogen-bond acceptors (Lipinski definition) is 7. The average molecular weight is 259 g/mol. The van der Waals surface area contributed by atoms with E-state index in [9.17, 15) is 13.2 Å². The van der Waals surface area contributed by atoms with Gasteiger partial charge in [0.15, 0.2) is 5.82 Å². The Hall–Kier alpha value is -1.74. The highest BCUT2D eigenvalue weighted by Gasteiger charge is 2.09. The summed E-state index contributed by atoms with van der Waals surface area (Å²) in [6.45, 7) is 0.0274. The van der Waals surface area contributed by atoms with Crippen LogP contribution >= 0.6 is 0 Å². The Bertz CT molecular complexity index is 502. The number of nitrogen functional groups attached to an aromatic ring is 1. The predicted octanol–water partition coefficient (Wildman–Crippen LogP) is -1.46. The fourth-order valence-corrected chi connectivity index (χ4v) is 1.46. The van der Waals surface area contributed by atoms with Crippen LogP contribution in [0.5, 0.6) is 0 Å². The maximum absolute atomic E-state index is 11.5. The van der Waals surface area contributed by atoms with Crippen molar-refractivity contribution in [3.63, 3.8) is 0 Å². The van der Waals surface area contributed by atoms with E-state index in [0.29, 0.717) is 0 Å². The Kier molecular flexibility index (Phi) is 4.35. The lowest BCUT2D eigenvalue weighted by Crippen LogP contribution is -2.29. The van der Waals surface area contributed by atoms with E-state index in [-0.39, 0.29) is 23.8 Å². The van der Waals surface area contributed by atoms with Crippen molar-refractivity contribution in [1.82, 2.24) is 15.3 Å². The number of nitrogens with zero attached hydrogens (tertiary/aromatic N) is 2. The third-order valence-electron chi connectivity index (χ3n) is 1.77. The van der Waals surface area contributed by atoms with Crippen molar-refractivity contribution in [3.8, 4) is 0 Å². The van der Waals surface area contributed by atoms with Gasteiger partial charge in [-0.15, -0.1) is 0 Å². The summed E-state index contributed by atoms with van der Waals surface area (Å²) in [6.07, 6.45) is 3.71. The topological polar surface area (TPSA) is 127 Å². The van der Waals surface area contributed by atoms with Gasteiger partial charge in [-0.1, -0.05) is 0 Å². The zero-order chi connectivity index (χ0) is 12.9. The van der Waals surface area contributed by atoms with E-state index < -0.39 is 15.7 Å². The zero-order valence-electron chi connectivity index (χ0n) is 9.17. The Balaban J connectivity index is 2.58. The number of anilines is 1. The zero-order valence-corrected chi connectivity index (χ0v) is 9.99. The lowest BCUT2D eigenvalue weighted by Gasteiger charge is -2.04. The summed E-state index contributed by atoms with van der Waals surface area (Å²) in [7, 11) is -3.10. The van der Waals surface area contributed by atoms with Crippen LogP contribution in [0.2, 0.25) is 0 Å². The molecular formula is C8H13N5O3S. The van der Waals surface area contributed by atoms with Gasteiger partial charge in [-0.25, -0.2) is 19.2 Å². The van der Waals surface area contributed by atoms with Crippen LogP contribution in [0.25, 0.3) is 0 Å². The molecule has 0 saturated carbocycles. The summed E-state index contributed by atoms with van der Waals surface area (Å²) < 4.78 is 21.7. The van der Waals surface area contributed by atoms with E-state index in [1.54, 1.807) is 0 Å². The quantitative estimate of drug-likeness (QED) is 0.435. The molecule has 9 heteroatoms. The van der Waals surface area contributed by atoms with Gasteiger partial charge in [-0.3, -0.25) is 9.78 Å². The summed E-state index contributed by atoms with van der Waals surface area (Å²) in [4.78, 5) is 19.1. The van der Waals surface area contributed by atoms with Crippen LogP contribution in [0, 0.1) is 0 Å². The molecular weight excluding hydrogens is 246 g/mol. The number of sulfone groups is 1. The molecule has 0 radical (unpaired) electrons. The minimum atomic E-state index is -3.10. The van der Waals surface area contributed by atoms with Crippen molar-refractivity contribution >= 4 is 21.6 Å². The van der Waals surface area contributed by atoms with Crippen molar-refractivity contribution in [2.24, 2.45) is 5.84 Å². The Labute approximate surface area is 98.5 Å². The van der Waals surface area contributed by atoms with Crippen molar-refractivity contribution in [2.75, 3.05) is 24.0 Å². The van der Waals surface area contributed by atoms with Gasteiger partial charge >= 0.3 is 0 Å². The molecule has 0 bridgehead atoms. The van der Waals surface area contributed by atoms with Crippen LogP contribution in [0.1, 0.15) is 10.5 Å². The molecule has 94 valence electrons. The van der Waals surface area contributed by atoms with Gasteiger partial charge in [0.1, 0.15) is 15.5 Å². The number of carbonyl (C=O) groups is 1. The minimum Gasteiger partial charge on any atom is -0.350 e. The number of aromatic nitrogens is 2. The predicted molar refractivity (Wildman–Crippen MR) is 61.9 cm³/mol. The van der Waals surface area contributed by atoms with E-state index in [2.05, 4.69) is 20.7 Å². The molecule has 1 aromatic rings. The van der Waals surface area contributed by atoms with Gasteiger partial charge in [0.05, 0.1) is 18.1 Å². The van der Waals surface area contributed by atoms with Gasteiger partial charge in [-0.05, 0) is 0 Å². The molecule has 0 fully saturated rings. The fourth-order valence-electron chi connectivity index (χ4n) is 0.985. The summed E-state index contributed by atoms with van der Waals surface area (Å²) >= 11 is 0. The molecule has 0 atom stereocenters. The highest BCUT2D eigenvalue weighted by atomic mass is 32.2. The van der Waals surface area contributed by atoms with Crippen molar-refractivity contribution in [1.29, 1.82) is 0 Å². The van der Waals surface area contributed by atoms with Gasteiger partial charge in [0.2, 0.25) is 0 Å². The SMILES string of the molecule is CS(=O)(=O)CCNC(=O)c1cncc(NN)n1. The van der Waals surface area contributed by atoms with Crippen LogP contribution in [0.4, 0.5) is 5.82 Å². The number of rotatable bonds is 5. The molecule has 0 spiro atoms. The molecule has 0 aliphatic heterocycles. The summed E-state index contributed by atoms with van der Waals surface area (Å²) in [5.41, 5.74) is 2.32. The standard InChI is InChI=1S/C8H13N5O3S/c1-17(15,16)3-2-11-8(14)6-4-10-5-7(12-6)13-9/h4-5H,2-3,9H2,1H3,(H,11,14)(H,12,13). The second-order valence-electron chi connectivity index (χ2n) is 3.32. The van der Waals surface area contributed by atoms with E-state index in [1.165, 1.54) is 12.4 Å². The third kappa shape index (κ3) is 4.74. The largest absolute Gasteiger partial charge is 0.350 e. The van der Waals surface area contributed by atoms with Crippen LogP contribution in [-0.4, -0.2) is 42.8 Å². The first kappa shape index (κ1) is 13.3. The third-order valence-corrected chi connectivity index (χ3v) is 2.72. The second-order valence-corrected chi connectivity index (χ2v) is 5.58. The Morgan fingerprint density at radius 1 is 1.47 bits per heavy atom. The number of carbonyl (C=O) groups excluding carboxylic acids is 1. The van der Waals surface area contributed by atoms with E-state index in [0.717, 1.165) is 6.26 Å². The fraction of sp³-hybridized carbons (Fsp3) is 0.375. The first-order valence-corrected chi connectivity index (χ1v) is 6.73. The van der Waals surface area contributed by atoms with Gasteiger partial charge in [0.25, 0.3) is 5.91 Å². The van der Waals surface area contributed by atoms with Crippen LogP contribution in [-0.2, 0) is 9.84 Å². The van der Waals surface area contributed by atoms with E-state index in [4.69, 9.17) is 5.84 Å². The summed E-state index contributed by atoms with van der Waals surface area (Å²) in [5, 5.41) is 2.42. The maximum atomic E-state index is 11.5. The molecule has 0 saturated heterocycles. The van der Waals surface area contributed by atoms with Crippen molar-refractivity contribution in [2.45, 2.75) is 0 Å². The maximum Gasteiger partial charge on any atom is 0.271 e. The smallest absolute Gasteiger partial charge is 0.271 e. The minimum absolute atomic E-state index is 0.0274. The number of amides is 1. The van der Waals surface area contributed by atoms with Gasteiger partial charge in [0, 0.05) is 12.8 Å². The van der Waals surface area contributed by atoms with E-state index >= 15 is 0 Å². The number of nitrogens with two attached hydrogens (primary N) is 1. The lowest BCUT2D eigenvalue weighted by atomic mass is 10.4. The Morgan fingerprint density at radius 2 is 2.18 bits per heavy atom. The molecule has 1 amide bonds. The molecule has 1 heterocycles. The molecule has 0 aliphatic rings. The molecule has 0 aromatic carbocycles. The molecule has 17 heavy (non-hydrogen) atoms. The number of hydrazine groups is 1. The highest BCUT2D eigenvalue weighted by Crippen LogP contribution is 1.99. The van der Waals surface area contributed by atoms with E-state index in [1.807, 2.05) is 0 Å². The van der Waals surface area contributed by atoms with Crippen LogP contribution in [0.3, 0.4) is 0 Å². The second kappa shape index (κ2) is 5.55. The summed E-state index contributed by atoms with van der Waals surface area (Å²) in [5.74, 6) is 4.74. The number of nitrogens with one attached hydrogen (secondary N) is 2. The van der Waals surface area contributed by atoms with Crippen molar-refractivity contribution < 1.29 is 13.2 Å². The average Bonchev–Trinajstić information content (AvgIpc) is 2.27. The molecule has 0 aliphatic carbocycles. The molecule has 8 nitrogen and oxygen atoms in total. The Morgan fingerprint density at radius 3 is 2.76 bits per heavy atom. The lowest BCUT2D eigenvalue weighted by molar-refractivity contribution is 0.0951. The number of hydrogen-bond donors (Lipinski definition) is 3. The first-order chi connectivity index (χ1) is 7.92. The van der Waals surface area contributed by atoms with Crippen molar-refractivity contribution in [3.05, 3.63) is 18.1 Å². The highest BCUT2D eigenvalue weighted by molar-refractivity contribution is 7.90. The normalized spacial score (nSPS) is 10.9. The molecule has 0 unspecified atom stereocenters. The first-order valence-electron chi connectivity index (χ1n) is 4.67. The van der Waals surface area contributed by atoms with Gasteiger partial charge < -0.3 is 10.7 Å². The molecule has 1 rings (SSSR count). The van der Waals surface area contributed by atoms with Crippen LogP contribution in [0.15, 0.2) is 12.4 Å². The van der Waals surface area contributed by atoms with Gasteiger partial charge in [-0.2, -0.15) is 0 Å².